The fourth-order valence-corrected chi connectivity index (χ4v) is 5.04. The van der Waals surface area contributed by atoms with Crippen molar-refractivity contribution in [1.82, 2.24) is 4.90 Å². The minimum atomic E-state index is 0.170. The second-order valence-electron chi connectivity index (χ2n) is 7.47. The molecule has 0 atom stereocenters. The smallest absolute Gasteiger partial charge is 0.232 e. The molecule has 1 N–H and O–H groups in total. The molecule has 0 saturated carbocycles. The SMILES string of the molecule is CC(C)c1cc(Cc2c(Cl)cc(SCC(=O)N3CCCC3)cc2Cl)ccc1O. The number of phenols is 1. The zero-order chi connectivity index (χ0) is 20.3. The van der Waals surface area contributed by atoms with E-state index in [0.717, 1.165) is 47.5 Å². The summed E-state index contributed by atoms with van der Waals surface area (Å²) in [5, 5.41) is 11.2. The van der Waals surface area contributed by atoms with Crippen LogP contribution < -0.4 is 0 Å². The molecular weight excluding hydrogens is 413 g/mol. The van der Waals surface area contributed by atoms with Crippen molar-refractivity contribution >= 4 is 40.9 Å². The van der Waals surface area contributed by atoms with Gasteiger partial charge in [0.05, 0.1) is 5.75 Å². The van der Waals surface area contributed by atoms with Crippen LogP contribution in [-0.2, 0) is 11.2 Å². The molecular formula is C22H25Cl2NO2S. The zero-order valence-electron chi connectivity index (χ0n) is 16.2. The van der Waals surface area contributed by atoms with Gasteiger partial charge in [0.1, 0.15) is 5.75 Å². The number of halogens is 2. The second-order valence-corrected chi connectivity index (χ2v) is 9.33. The van der Waals surface area contributed by atoms with Gasteiger partial charge in [-0.15, -0.1) is 11.8 Å². The van der Waals surface area contributed by atoms with Crippen molar-refractivity contribution in [2.24, 2.45) is 0 Å². The highest BCUT2D eigenvalue weighted by atomic mass is 35.5. The average molecular weight is 438 g/mol. The van der Waals surface area contributed by atoms with Crippen LogP contribution in [0.4, 0.5) is 0 Å². The van der Waals surface area contributed by atoms with Gasteiger partial charge in [-0.05, 0) is 53.6 Å². The number of benzene rings is 2. The molecule has 1 fully saturated rings. The Kier molecular flexibility index (Phi) is 7.19. The number of likely N-dealkylation sites (tertiary alicyclic amines) is 1. The normalized spacial score (nSPS) is 14.1. The van der Waals surface area contributed by atoms with Gasteiger partial charge in [-0.25, -0.2) is 0 Å². The van der Waals surface area contributed by atoms with E-state index in [1.54, 1.807) is 6.07 Å². The summed E-state index contributed by atoms with van der Waals surface area (Å²) in [5.74, 6) is 1.12. The number of rotatable bonds is 6. The topological polar surface area (TPSA) is 40.5 Å². The van der Waals surface area contributed by atoms with E-state index in [1.165, 1.54) is 11.8 Å². The third-order valence-corrected chi connectivity index (χ3v) is 6.67. The first-order chi connectivity index (χ1) is 13.3. The van der Waals surface area contributed by atoms with Crippen molar-refractivity contribution < 1.29 is 9.90 Å². The summed E-state index contributed by atoms with van der Waals surface area (Å²) in [5.41, 5.74) is 2.83. The monoisotopic (exact) mass is 437 g/mol. The van der Waals surface area contributed by atoms with Crippen LogP contribution >= 0.6 is 35.0 Å². The first-order valence-electron chi connectivity index (χ1n) is 9.55. The minimum Gasteiger partial charge on any atom is -0.508 e. The molecule has 0 unspecified atom stereocenters. The predicted molar refractivity (Wildman–Crippen MR) is 118 cm³/mol. The zero-order valence-corrected chi connectivity index (χ0v) is 18.5. The molecule has 3 rings (SSSR count). The van der Waals surface area contributed by atoms with Crippen molar-refractivity contribution in [1.29, 1.82) is 0 Å². The van der Waals surface area contributed by atoms with Crippen LogP contribution in [0.1, 0.15) is 49.3 Å². The molecule has 1 aliphatic rings. The van der Waals surface area contributed by atoms with Crippen molar-refractivity contribution in [2.75, 3.05) is 18.8 Å². The number of hydrogen-bond acceptors (Lipinski definition) is 3. The van der Waals surface area contributed by atoms with Crippen molar-refractivity contribution in [2.45, 2.75) is 43.9 Å². The van der Waals surface area contributed by atoms with Gasteiger partial charge in [0.15, 0.2) is 0 Å². The van der Waals surface area contributed by atoms with Crippen LogP contribution in [0.3, 0.4) is 0 Å². The standard InChI is InChI=1S/C22H25Cl2NO2S/c1-14(2)17-9-15(5-6-21(17)26)10-18-19(23)11-16(12-20(18)24)28-13-22(27)25-7-3-4-8-25/h5-6,9,11-12,14,26H,3-4,7-8,10,13H2,1-2H3. The third-order valence-electron chi connectivity index (χ3n) is 5.03. The Balaban J connectivity index is 1.71. The lowest BCUT2D eigenvalue weighted by molar-refractivity contribution is -0.127. The van der Waals surface area contributed by atoms with Gasteiger partial charge < -0.3 is 10.0 Å². The Labute approximate surface area is 181 Å². The van der Waals surface area contributed by atoms with E-state index in [9.17, 15) is 9.90 Å². The van der Waals surface area contributed by atoms with Crippen molar-refractivity contribution in [3.63, 3.8) is 0 Å². The summed E-state index contributed by atoms with van der Waals surface area (Å²) < 4.78 is 0. The van der Waals surface area contributed by atoms with Crippen LogP contribution in [0.15, 0.2) is 35.2 Å². The number of amides is 1. The van der Waals surface area contributed by atoms with Gasteiger partial charge >= 0.3 is 0 Å². The molecule has 1 heterocycles. The summed E-state index contributed by atoms with van der Waals surface area (Å²) >= 11 is 14.5. The maximum Gasteiger partial charge on any atom is 0.232 e. The van der Waals surface area contributed by atoms with E-state index in [2.05, 4.69) is 0 Å². The van der Waals surface area contributed by atoms with E-state index in [1.807, 2.05) is 43.0 Å². The van der Waals surface area contributed by atoms with Gasteiger partial charge in [-0.2, -0.15) is 0 Å². The highest BCUT2D eigenvalue weighted by Gasteiger charge is 2.18. The van der Waals surface area contributed by atoms with E-state index < -0.39 is 0 Å². The molecule has 6 heteroatoms. The molecule has 1 aliphatic heterocycles. The lowest BCUT2D eigenvalue weighted by Crippen LogP contribution is -2.29. The Bertz CT molecular complexity index is 841. The summed E-state index contributed by atoms with van der Waals surface area (Å²) in [4.78, 5) is 15.1. The highest BCUT2D eigenvalue weighted by molar-refractivity contribution is 8.00. The summed E-state index contributed by atoms with van der Waals surface area (Å²) in [6.07, 6.45) is 2.78. The van der Waals surface area contributed by atoms with Gasteiger partial charge in [0.2, 0.25) is 5.91 Å². The molecule has 1 amide bonds. The first-order valence-corrected chi connectivity index (χ1v) is 11.3. The number of hydrogen-bond donors (Lipinski definition) is 1. The Morgan fingerprint density at radius 3 is 2.39 bits per heavy atom. The molecule has 28 heavy (non-hydrogen) atoms. The number of nitrogens with zero attached hydrogens (tertiary/aromatic N) is 1. The molecule has 0 aromatic heterocycles. The van der Waals surface area contributed by atoms with Crippen LogP contribution in [0.2, 0.25) is 10.0 Å². The van der Waals surface area contributed by atoms with Crippen LogP contribution in [-0.4, -0.2) is 34.8 Å². The lowest BCUT2D eigenvalue weighted by Gasteiger charge is -2.15. The number of carbonyl (C=O) groups is 1. The van der Waals surface area contributed by atoms with Crippen molar-refractivity contribution in [3.8, 4) is 5.75 Å². The molecule has 0 aliphatic carbocycles. The van der Waals surface area contributed by atoms with Crippen LogP contribution in [0.5, 0.6) is 5.75 Å². The predicted octanol–water partition coefficient (Wildman–Crippen LogP) is 6.13. The maximum atomic E-state index is 12.2. The summed E-state index contributed by atoms with van der Waals surface area (Å²) in [6, 6.07) is 9.39. The molecule has 0 radical (unpaired) electrons. The maximum absolute atomic E-state index is 12.2. The fourth-order valence-electron chi connectivity index (χ4n) is 3.42. The number of carbonyl (C=O) groups excluding carboxylic acids is 1. The molecule has 150 valence electrons. The van der Waals surface area contributed by atoms with E-state index in [-0.39, 0.29) is 11.8 Å². The number of aromatic hydroxyl groups is 1. The molecule has 1 saturated heterocycles. The van der Waals surface area contributed by atoms with Crippen LogP contribution in [0, 0.1) is 0 Å². The summed E-state index contributed by atoms with van der Waals surface area (Å²) in [6.45, 7) is 5.83. The van der Waals surface area contributed by atoms with Gasteiger partial charge in [0, 0.05) is 34.5 Å². The van der Waals surface area contributed by atoms with E-state index in [0.29, 0.717) is 28.0 Å². The molecule has 2 aromatic carbocycles. The van der Waals surface area contributed by atoms with E-state index >= 15 is 0 Å². The Hall–Kier alpha value is -1.36. The average Bonchev–Trinajstić information content (AvgIpc) is 3.18. The quantitative estimate of drug-likeness (QED) is 0.552. The summed E-state index contributed by atoms with van der Waals surface area (Å²) in [7, 11) is 0. The Morgan fingerprint density at radius 1 is 1.14 bits per heavy atom. The minimum absolute atomic E-state index is 0.170. The molecule has 0 bridgehead atoms. The van der Waals surface area contributed by atoms with Gasteiger partial charge in [0.25, 0.3) is 0 Å². The number of phenolic OH excluding ortho intramolecular Hbond substituents is 1. The molecule has 0 spiro atoms. The first kappa shape index (κ1) is 21.4. The highest BCUT2D eigenvalue weighted by Crippen LogP contribution is 2.34. The third kappa shape index (κ3) is 5.16. The van der Waals surface area contributed by atoms with Gasteiger partial charge in [-0.3, -0.25) is 4.79 Å². The molecule has 2 aromatic rings. The van der Waals surface area contributed by atoms with Crippen LogP contribution in [0.25, 0.3) is 0 Å². The molecule has 3 nitrogen and oxygen atoms in total. The van der Waals surface area contributed by atoms with Gasteiger partial charge in [-0.1, -0.05) is 49.2 Å². The Morgan fingerprint density at radius 2 is 1.79 bits per heavy atom. The van der Waals surface area contributed by atoms with E-state index in [4.69, 9.17) is 23.2 Å². The second kappa shape index (κ2) is 9.43. The largest absolute Gasteiger partial charge is 0.508 e. The fraction of sp³-hybridized carbons (Fsp3) is 0.409. The van der Waals surface area contributed by atoms with Crippen molar-refractivity contribution in [3.05, 3.63) is 57.1 Å². The number of thioether (sulfide) groups is 1. The lowest BCUT2D eigenvalue weighted by atomic mass is 9.96.